The second-order valence-electron chi connectivity index (χ2n) is 14.3. The van der Waals surface area contributed by atoms with E-state index in [9.17, 15) is 20.1 Å². The van der Waals surface area contributed by atoms with Crippen LogP contribution in [0.15, 0.2) is 11.6 Å². The average Bonchev–Trinajstić information content (AvgIpc) is 2.79. The summed E-state index contributed by atoms with van der Waals surface area (Å²) in [6.45, 7) is 14.3. The quantitative estimate of drug-likeness (QED) is 0.427. The highest BCUT2D eigenvalue weighted by Gasteiger charge is 2.69. The molecule has 0 radical (unpaired) electrons. The van der Waals surface area contributed by atoms with Gasteiger partial charge in [0.2, 0.25) is 0 Å². The third-order valence-electron chi connectivity index (χ3n) is 13.5. The molecule has 0 aromatic carbocycles. The molecule has 5 aliphatic carbocycles. The van der Waals surface area contributed by atoms with E-state index in [-0.39, 0.29) is 28.8 Å². The number of aliphatic hydroxyl groups is 2. The standard InChI is InChI=1S/C30H48O4/c1-18-9-14-30(25(33)34)16-15-28(5)20(24(30)19(18)2)7-8-22-26(3)12-11-23(32)27(4,17-31)21(26)10-13-29(22,28)6/h7,18-19,21-24,31-32H,8-17H2,1-6H3,(H,33,34)/t18-,19?,21?,22?,23?,24?,26?,27-,28-,29?,30?/m1/s1. The van der Waals surface area contributed by atoms with Crippen LogP contribution in [0.5, 0.6) is 0 Å². The van der Waals surface area contributed by atoms with Crippen LogP contribution in [0.2, 0.25) is 0 Å². The molecule has 0 aliphatic heterocycles. The number of carbonyl (C=O) groups is 1. The third-order valence-corrected chi connectivity index (χ3v) is 13.5. The summed E-state index contributed by atoms with van der Waals surface area (Å²) in [5.41, 5.74) is 0.670. The van der Waals surface area contributed by atoms with Crippen LogP contribution >= 0.6 is 0 Å². The van der Waals surface area contributed by atoms with E-state index in [1.54, 1.807) is 0 Å². The van der Waals surface area contributed by atoms with Crippen molar-refractivity contribution in [3.05, 3.63) is 11.6 Å². The van der Waals surface area contributed by atoms with Crippen LogP contribution in [0.3, 0.4) is 0 Å². The number of aliphatic hydroxyl groups excluding tert-OH is 2. The summed E-state index contributed by atoms with van der Waals surface area (Å²) < 4.78 is 0. The van der Waals surface area contributed by atoms with Crippen molar-refractivity contribution < 1.29 is 20.1 Å². The molecule has 0 spiro atoms. The first-order chi connectivity index (χ1) is 15.8. The van der Waals surface area contributed by atoms with E-state index in [0.717, 1.165) is 57.8 Å². The summed E-state index contributed by atoms with van der Waals surface area (Å²) in [5.74, 6) is 1.35. The minimum Gasteiger partial charge on any atom is -0.481 e. The SMILES string of the molecule is CC1C2C3=CCC4C5(C)CCC(O)[C@](C)(CO)C5CCC4(C)[C@]3(C)CCC2(C(=O)O)CC[C@H]1C. The maximum atomic E-state index is 12.8. The molecule has 5 aliphatic rings. The van der Waals surface area contributed by atoms with Gasteiger partial charge >= 0.3 is 5.97 Å². The highest BCUT2D eigenvalue weighted by atomic mass is 16.4. The zero-order valence-corrected chi connectivity index (χ0v) is 22.4. The summed E-state index contributed by atoms with van der Waals surface area (Å²) in [7, 11) is 0. The molecular weight excluding hydrogens is 424 g/mol. The van der Waals surface area contributed by atoms with Crippen molar-refractivity contribution in [2.24, 2.45) is 56.7 Å². The van der Waals surface area contributed by atoms with Gasteiger partial charge in [0.05, 0.1) is 18.1 Å². The molecule has 0 saturated heterocycles. The number of allylic oxidation sites excluding steroid dienone is 2. The molecule has 4 saturated carbocycles. The van der Waals surface area contributed by atoms with E-state index in [1.807, 2.05) is 0 Å². The average molecular weight is 473 g/mol. The maximum absolute atomic E-state index is 12.8. The fourth-order valence-corrected chi connectivity index (χ4v) is 10.9. The molecule has 8 unspecified atom stereocenters. The first-order valence-corrected chi connectivity index (χ1v) is 14.0. The second kappa shape index (κ2) is 7.57. The van der Waals surface area contributed by atoms with Gasteiger partial charge in [-0.1, -0.05) is 53.2 Å². The van der Waals surface area contributed by atoms with Crippen LogP contribution in [-0.4, -0.2) is 34.0 Å². The molecule has 0 aromatic heterocycles. The lowest BCUT2D eigenvalue weighted by molar-refractivity contribution is -0.217. The van der Waals surface area contributed by atoms with Crippen LogP contribution in [0.25, 0.3) is 0 Å². The summed E-state index contributed by atoms with van der Waals surface area (Å²) in [6.07, 6.45) is 10.6. The predicted molar refractivity (Wildman–Crippen MR) is 134 cm³/mol. The number of hydrogen-bond acceptors (Lipinski definition) is 3. The molecule has 3 N–H and O–H groups in total. The van der Waals surface area contributed by atoms with Crippen molar-refractivity contribution in [1.82, 2.24) is 0 Å². The molecular formula is C30H48O4. The minimum absolute atomic E-state index is 0.0184. The monoisotopic (exact) mass is 472 g/mol. The molecule has 0 amide bonds. The number of hydrogen-bond donors (Lipinski definition) is 3. The smallest absolute Gasteiger partial charge is 0.310 e. The van der Waals surface area contributed by atoms with Crippen molar-refractivity contribution >= 4 is 5.97 Å². The molecule has 5 rings (SSSR count). The summed E-state index contributed by atoms with van der Waals surface area (Å²) in [5, 5.41) is 31.9. The molecule has 4 nitrogen and oxygen atoms in total. The number of aliphatic carboxylic acids is 1. The van der Waals surface area contributed by atoms with E-state index in [1.165, 1.54) is 5.57 Å². The van der Waals surface area contributed by atoms with Crippen molar-refractivity contribution in [3.63, 3.8) is 0 Å². The topological polar surface area (TPSA) is 77.8 Å². The number of rotatable bonds is 2. The van der Waals surface area contributed by atoms with Gasteiger partial charge in [0.1, 0.15) is 0 Å². The first kappa shape index (κ1) is 24.8. The first-order valence-electron chi connectivity index (χ1n) is 14.0. The second-order valence-corrected chi connectivity index (χ2v) is 14.3. The van der Waals surface area contributed by atoms with Crippen LogP contribution in [0.4, 0.5) is 0 Å². The predicted octanol–water partition coefficient (Wildman–Crippen LogP) is 6.06. The van der Waals surface area contributed by atoms with Gasteiger partial charge in [-0.3, -0.25) is 4.79 Å². The van der Waals surface area contributed by atoms with E-state index >= 15 is 0 Å². The summed E-state index contributed by atoms with van der Waals surface area (Å²) in [4.78, 5) is 12.8. The van der Waals surface area contributed by atoms with Crippen LogP contribution < -0.4 is 0 Å². The Morgan fingerprint density at radius 2 is 1.68 bits per heavy atom. The summed E-state index contributed by atoms with van der Waals surface area (Å²) >= 11 is 0. The number of carboxylic acid groups (broad SMARTS) is 1. The van der Waals surface area contributed by atoms with Gasteiger partial charge in [-0.25, -0.2) is 0 Å². The molecule has 0 aromatic rings. The highest BCUT2D eigenvalue weighted by Crippen LogP contribution is 2.75. The molecule has 0 bridgehead atoms. The Balaban J connectivity index is 1.61. The lowest BCUT2D eigenvalue weighted by atomic mass is 9.33. The van der Waals surface area contributed by atoms with E-state index in [0.29, 0.717) is 23.7 Å². The maximum Gasteiger partial charge on any atom is 0.310 e. The van der Waals surface area contributed by atoms with Gasteiger partial charge in [-0.2, -0.15) is 0 Å². The van der Waals surface area contributed by atoms with Crippen LogP contribution in [-0.2, 0) is 4.79 Å². The lowest BCUT2D eigenvalue weighted by Gasteiger charge is -2.71. The molecule has 0 heterocycles. The van der Waals surface area contributed by atoms with Gasteiger partial charge in [0.25, 0.3) is 0 Å². The highest BCUT2D eigenvalue weighted by molar-refractivity contribution is 5.76. The zero-order chi connectivity index (χ0) is 24.9. The zero-order valence-electron chi connectivity index (χ0n) is 22.4. The molecule has 192 valence electrons. The Morgan fingerprint density at radius 1 is 0.971 bits per heavy atom. The summed E-state index contributed by atoms with van der Waals surface area (Å²) in [6, 6.07) is 0. The Labute approximate surface area is 206 Å². The van der Waals surface area contributed by atoms with Gasteiger partial charge in [0, 0.05) is 5.41 Å². The normalized spacial score (nSPS) is 56.9. The number of carboxylic acids is 1. The fraction of sp³-hybridized carbons (Fsp3) is 0.900. The van der Waals surface area contributed by atoms with Crippen molar-refractivity contribution in [2.75, 3.05) is 6.61 Å². The minimum atomic E-state index is -0.591. The van der Waals surface area contributed by atoms with Crippen molar-refractivity contribution in [3.8, 4) is 0 Å². The Bertz CT molecular complexity index is 896. The molecule has 4 fully saturated rings. The molecule has 11 atom stereocenters. The van der Waals surface area contributed by atoms with E-state index in [4.69, 9.17) is 0 Å². The van der Waals surface area contributed by atoms with Crippen molar-refractivity contribution in [1.29, 1.82) is 0 Å². The van der Waals surface area contributed by atoms with Gasteiger partial charge in [-0.15, -0.1) is 0 Å². The molecule has 34 heavy (non-hydrogen) atoms. The number of fused-ring (bicyclic) bond motifs is 7. The van der Waals surface area contributed by atoms with E-state index < -0.39 is 22.9 Å². The van der Waals surface area contributed by atoms with Crippen LogP contribution in [0, 0.1) is 56.7 Å². The van der Waals surface area contributed by atoms with Gasteiger partial charge in [0.15, 0.2) is 0 Å². The Hall–Kier alpha value is -0.870. The third kappa shape index (κ3) is 2.76. The fourth-order valence-electron chi connectivity index (χ4n) is 10.9. The Morgan fingerprint density at radius 3 is 2.32 bits per heavy atom. The van der Waals surface area contributed by atoms with Gasteiger partial charge in [-0.05, 0) is 104 Å². The largest absolute Gasteiger partial charge is 0.481 e. The van der Waals surface area contributed by atoms with Gasteiger partial charge < -0.3 is 15.3 Å². The van der Waals surface area contributed by atoms with E-state index in [2.05, 4.69) is 47.6 Å². The lowest BCUT2D eigenvalue weighted by Crippen LogP contribution is -2.66. The van der Waals surface area contributed by atoms with Crippen LogP contribution in [0.1, 0.15) is 99.3 Å². The molecule has 4 heteroatoms. The Kier molecular flexibility index (Phi) is 5.52. The van der Waals surface area contributed by atoms with Crippen molar-refractivity contribution in [2.45, 2.75) is 105 Å².